The lowest BCUT2D eigenvalue weighted by Gasteiger charge is -1.91. The average Bonchev–Trinajstić information content (AvgIpc) is 1.88. The number of aromatic nitrogens is 2. The fraction of sp³-hybridized carbons (Fsp3) is 0. The van der Waals surface area contributed by atoms with Gasteiger partial charge in [0.1, 0.15) is 5.69 Å². The molecule has 4 heteroatoms. The van der Waals surface area contributed by atoms with Gasteiger partial charge in [0.25, 0.3) is 5.56 Å². The van der Waals surface area contributed by atoms with E-state index in [1.165, 1.54) is 12.1 Å². The first-order chi connectivity index (χ1) is 4.74. The monoisotopic (exact) mass is 156 g/mol. The third-order valence-electron chi connectivity index (χ3n) is 0.982. The second-order valence-corrected chi connectivity index (χ2v) is 2.08. The molecule has 0 amide bonds. The van der Waals surface area contributed by atoms with Gasteiger partial charge < -0.3 is 0 Å². The lowest BCUT2D eigenvalue weighted by Crippen LogP contribution is -2.06. The summed E-state index contributed by atoms with van der Waals surface area (Å²) in [7, 11) is 0. The van der Waals surface area contributed by atoms with E-state index < -0.39 is 0 Å². The maximum absolute atomic E-state index is 10.5. The molecule has 10 heavy (non-hydrogen) atoms. The van der Waals surface area contributed by atoms with Gasteiger partial charge in [-0.3, -0.25) is 4.79 Å². The van der Waals surface area contributed by atoms with Gasteiger partial charge in [-0.1, -0.05) is 18.2 Å². The zero-order chi connectivity index (χ0) is 7.56. The standard InChI is InChI=1S/C6H5ClN2O/c1-2-5-4(7)3-6(10)9-8-5/h2-3H,1H2,(H,9,10). The number of H-pyrrole nitrogens is 1. The zero-order valence-corrected chi connectivity index (χ0v) is 5.85. The Morgan fingerprint density at radius 1 is 1.80 bits per heavy atom. The summed E-state index contributed by atoms with van der Waals surface area (Å²) < 4.78 is 0. The van der Waals surface area contributed by atoms with E-state index in [1.54, 1.807) is 0 Å². The first-order valence-electron chi connectivity index (χ1n) is 2.61. The third kappa shape index (κ3) is 1.25. The van der Waals surface area contributed by atoms with Crippen LogP contribution in [0, 0.1) is 0 Å². The normalized spacial score (nSPS) is 9.30. The molecular formula is C6H5ClN2O. The molecular weight excluding hydrogens is 152 g/mol. The topological polar surface area (TPSA) is 45.8 Å². The van der Waals surface area contributed by atoms with Gasteiger partial charge in [-0.2, -0.15) is 5.10 Å². The fourth-order valence-corrected chi connectivity index (χ4v) is 0.752. The van der Waals surface area contributed by atoms with Crippen LogP contribution in [-0.4, -0.2) is 10.2 Å². The number of nitrogens with zero attached hydrogens (tertiary/aromatic N) is 1. The summed E-state index contributed by atoms with van der Waals surface area (Å²) in [4.78, 5) is 10.5. The molecule has 0 unspecified atom stereocenters. The highest BCUT2D eigenvalue weighted by Gasteiger charge is 1.95. The van der Waals surface area contributed by atoms with Crippen molar-refractivity contribution in [1.29, 1.82) is 0 Å². The molecule has 0 aromatic carbocycles. The minimum Gasteiger partial charge on any atom is -0.268 e. The lowest BCUT2D eigenvalue weighted by atomic mass is 10.4. The van der Waals surface area contributed by atoms with Gasteiger partial charge >= 0.3 is 0 Å². The van der Waals surface area contributed by atoms with Crippen molar-refractivity contribution in [3.05, 3.63) is 33.7 Å². The van der Waals surface area contributed by atoms with E-state index in [4.69, 9.17) is 11.6 Å². The predicted octanol–water partition coefficient (Wildman–Crippen LogP) is 1.07. The highest BCUT2D eigenvalue weighted by atomic mass is 35.5. The highest BCUT2D eigenvalue weighted by molar-refractivity contribution is 6.31. The van der Waals surface area contributed by atoms with Gasteiger partial charge in [0.05, 0.1) is 5.02 Å². The van der Waals surface area contributed by atoms with E-state index in [0.29, 0.717) is 10.7 Å². The molecule has 1 rings (SSSR count). The molecule has 1 aromatic heterocycles. The molecule has 0 aliphatic heterocycles. The van der Waals surface area contributed by atoms with Gasteiger partial charge in [-0.15, -0.1) is 0 Å². The number of hydrogen-bond donors (Lipinski definition) is 1. The smallest absolute Gasteiger partial charge is 0.265 e. The van der Waals surface area contributed by atoms with Crippen LogP contribution in [0.4, 0.5) is 0 Å². The van der Waals surface area contributed by atoms with Crippen LogP contribution in [0.25, 0.3) is 6.08 Å². The molecule has 0 bridgehead atoms. The number of hydrogen-bond acceptors (Lipinski definition) is 2. The summed E-state index contributed by atoms with van der Waals surface area (Å²) in [5, 5.41) is 6.16. The Morgan fingerprint density at radius 2 is 2.50 bits per heavy atom. The van der Waals surface area contributed by atoms with Gasteiger partial charge in [-0.25, -0.2) is 5.10 Å². The van der Waals surface area contributed by atoms with Crippen LogP contribution in [0.2, 0.25) is 5.02 Å². The summed E-state index contributed by atoms with van der Waals surface area (Å²) in [6.45, 7) is 3.45. The van der Waals surface area contributed by atoms with E-state index >= 15 is 0 Å². The highest BCUT2D eigenvalue weighted by Crippen LogP contribution is 2.08. The molecule has 0 spiro atoms. The van der Waals surface area contributed by atoms with Crippen LogP contribution in [0.5, 0.6) is 0 Å². The van der Waals surface area contributed by atoms with Crippen LogP contribution in [0.15, 0.2) is 17.4 Å². The first kappa shape index (κ1) is 7.02. The third-order valence-corrected chi connectivity index (χ3v) is 1.29. The number of aromatic amines is 1. The van der Waals surface area contributed by atoms with E-state index in [2.05, 4.69) is 16.8 Å². The van der Waals surface area contributed by atoms with Crippen molar-refractivity contribution < 1.29 is 0 Å². The van der Waals surface area contributed by atoms with Gasteiger partial charge in [0.15, 0.2) is 0 Å². The largest absolute Gasteiger partial charge is 0.268 e. The van der Waals surface area contributed by atoms with Crippen molar-refractivity contribution in [2.75, 3.05) is 0 Å². The van der Waals surface area contributed by atoms with Crippen LogP contribution in [0.3, 0.4) is 0 Å². The number of nitrogens with one attached hydrogen (secondary N) is 1. The minimum atomic E-state index is -0.310. The maximum Gasteiger partial charge on any atom is 0.265 e. The summed E-state index contributed by atoms with van der Waals surface area (Å²) >= 11 is 5.58. The minimum absolute atomic E-state index is 0.310. The summed E-state index contributed by atoms with van der Waals surface area (Å²) in [6.07, 6.45) is 1.47. The molecule has 0 fully saturated rings. The van der Waals surface area contributed by atoms with Crippen molar-refractivity contribution >= 4 is 17.7 Å². The molecule has 52 valence electrons. The second-order valence-electron chi connectivity index (χ2n) is 1.67. The van der Waals surface area contributed by atoms with E-state index in [9.17, 15) is 4.79 Å². The number of halogens is 1. The molecule has 1 aromatic rings. The summed E-state index contributed by atoms with van der Waals surface area (Å²) in [5.74, 6) is 0. The van der Waals surface area contributed by atoms with Crippen LogP contribution in [-0.2, 0) is 0 Å². The fourth-order valence-electron chi connectivity index (χ4n) is 0.533. The molecule has 0 saturated carbocycles. The number of rotatable bonds is 1. The molecule has 0 saturated heterocycles. The molecule has 1 heterocycles. The van der Waals surface area contributed by atoms with E-state index in [1.807, 2.05) is 0 Å². The van der Waals surface area contributed by atoms with Crippen molar-refractivity contribution in [3.8, 4) is 0 Å². The summed E-state index contributed by atoms with van der Waals surface area (Å²) in [5.41, 5.74) is 0.178. The Kier molecular flexibility index (Phi) is 1.87. The second kappa shape index (κ2) is 2.66. The van der Waals surface area contributed by atoms with Crippen molar-refractivity contribution in [2.45, 2.75) is 0 Å². The van der Waals surface area contributed by atoms with Crippen molar-refractivity contribution in [1.82, 2.24) is 10.2 Å². The Morgan fingerprint density at radius 3 is 3.00 bits per heavy atom. The molecule has 1 N–H and O–H groups in total. The Labute approximate surface area is 62.3 Å². The molecule has 0 radical (unpaired) electrons. The quantitative estimate of drug-likeness (QED) is 0.661. The zero-order valence-electron chi connectivity index (χ0n) is 5.10. The van der Waals surface area contributed by atoms with Crippen molar-refractivity contribution in [3.63, 3.8) is 0 Å². The molecule has 0 aliphatic rings. The Balaban J connectivity index is 3.32. The van der Waals surface area contributed by atoms with E-state index in [-0.39, 0.29) is 5.56 Å². The maximum atomic E-state index is 10.5. The summed E-state index contributed by atoms with van der Waals surface area (Å²) in [6, 6.07) is 1.26. The first-order valence-corrected chi connectivity index (χ1v) is 2.99. The Bertz CT molecular complexity index is 305. The van der Waals surface area contributed by atoms with E-state index in [0.717, 1.165) is 0 Å². The van der Waals surface area contributed by atoms with Gasteiger partial charge in [-0.05, 0) is 6.08 Å². The predicted molar refractivity (Wildman–Crippen MR) is 40.0 cm³/mol. The van der Waals surface area contributed by atoms with Crippen molar-refractivity contribution in [2.24, 2.45) is 0 Å². The Hall–Kier alpha value is -1.09. The molecule has 3 nitrogen and oxygen atoms in total. The lowest BCUT2D eigenvalue weighted by molar-refractivity contribution is 0.977. The van der Waals surface area contributed by atoms with Crippen LogP contribution in [0.1, 0.15) is 5.69 Å². The molecule has 0 aliphatic carbocycles. The van der Waals surface area contributed by atoms with Gasteiger partial charge in [0, 0.05) is 6.07 Å². The van der Waals surface area contributed by atoms with Crippen LogP contribution >= 0.6 is 11.6 Å². The SMILES string of the molecule is C=Cc1n[nH]c(=O)cc1Cl. The molecule has 0 atom stereocenters. The average molecular weight is 157 g/mol. The van der Waals surface area contributed by atoms with Crippen LogP contribution < -0.4 is 5.56 Å². The van der Waals surface area contributed by atoms with Gasteiger partial charge in [0.2, 0.25) is 0 Å².